The van der Waals surface area contributed by atoms with E-state index in [2.05, 4.69) is 4.99 Å². The molecule has 0 aliphatic carbocycles. The van der Waals surface area contributed by atoms with Gasteiger partial charge in [0, 0.05) is 0 Å². The van der Waals surface area contributed by atoms with Crippen LogP contribution in [0.2, 0.25) is 10.0 Å². The van der Waals surface area contributed by atoms with Crippen LogP contribution in [0.3, 0.4) is 0 Å². The summed E-state index contributed by atoms with van der Waals surface area (Å²) in [6.45, 7) is 0.271. The van der Waals surface area contributed by atoms with E-state index in [0.717, 1.165) is 10.5 Å². The van der Waals surface area contributed by atoms with E-state index in [4.69, 9.17) is 34.8 Å². The van der Waals surface area contributed by atoms with Crippen molar-refractivity contribution in [3.63, 3.8) is 0 Å². The molecule has 2 aromatic carbocycles. The van der Waals surface area contributed by atoms with Gasteiger partial charge in [-0.15, -0.1) is 11.6 Å². The van der Waals surface area contributed by atoms with E-state index in [-0.39, 0.29) is 17.3 Å². The molecule has 1 unspecified atom stereocenters. The van der Waals surface area contributed by atoms with Crippen molar-refractivity contribution in [1.82, 2.24) is 0 Å². The normalized spacial score (nSPS) is 19.4. The molecule has 7 heteroatoms. The van der Waals surface area contributed by atoms with Gasteiger partial charge in [0.25, 0.3) is 11.8 Å². The van der Waals surface area contributed by atoms with E-state index in [0.29, 0.717) is 10.7 Å². The third kappa shape index (κ3) is 3.18. The number of nitrogens with zero attached hydrogens (tertiary/aromatic N) is 2. The topological polar surface area (TPSA) is 49.7 Å². The van der Waals surface area contributed by atoms with Gasteiger partial charge < -0.3 is 0 Å². The molecule has 1 fully saturated rings. The van der Waals surface area contributed by atoms with E-state index in [1.54, 1.807) is 0 Å². The molecular weight excluding hydrogens is 371 g/mol. The van der Waals surface area contributed by atoms with Crippen LogP contribution in [0.15, 0.2) is 53.5 Å². The number of benzene rings is 2. The molecule has 0 bridgehead atoms. The number of imide groups is 1. The number of carbonyl (C=O) groups excluding carboxylic acids is 2. The Hall–Kier alpha value is -1.88. The average Bonchev–Trinajstić information content (AvgIpc) is 2.79. The molecule has 0 spiro atoms. The fourth-order valence-corrected chi connectivity index (χ4v) is 2.88. The number of aliphatic imine (C=N–C) groups is 1. The zero-order valence-electron chi connectivity index (χ0n) is 12.2. The van der Waals surface area contributed by atoms with Gasteiger partial charge in [0.2, 0.25) is 0 Å². The van der Waals surface area contributed by atoms with Crippen molar-refractivity contribution in [1.29, 1.82) is 0 Å². The van der Waals surface area contributed by atoms with Crippen LogP contribution in [-0.4, -0.2) is 22.9 Å². The Kier molecular flexibility index (Phi) is 4.90. The Morgan fingerprint density at radius 1 is 1.00 bits per heavy atom. The first-order chi connectivity index (χ1) is 11.5. The molecule has 0 N–H and O–H groups in total. The molecule has 1 atom stereocenters. The first-order valence-corrected chi connectivity index (χ1v) is 8.24. The molecule has 0 aromatic heterocycles. The van der Waals surface area contributed by atoms with Gasteiger partial charge in [-0.05, 0) is 23.8 Å². The summed E-state index contributed by atoms with van der Waals surface area (Å²) in [5, 5.41) is -0.536. The standard InChI is InChI=1S/C17H11Cl3N2O2/c18-12-7-6-11(8-13(12)19)22-16(23)14(20)15(17(22)24)21-9-10-4-2-1-3-5-10/h1-8,14H,9H2. The summed E-state index contributed by atoms with van der Waals surface area (Å²) in [4.78, 5) is 30.1. The largest absolute Gasteiger partial charge is 0.281 e. The SMILES string of the molecule is O=C1C(=NCc2ccccc2)C(Cl)C(=O)N1c1ccc(Cl)c(Cl)c1. The van der Waals surface area contributed by atoms with Crippen molar-refractivity contribution < 1.29 is 9.59 Å². The number of amides is 2. The number of alkyl halides is 1. The Morgan fingerprint density at radius 3 is 2.38 bits per heavy atom. The number of rotatable bonds is 3. The van der Waals surface area contributed by atoms with Gasteiger partial charge in [-0.25, -0.2) is 4.90 Å². The maximum atomic E-state index is 12.6. The van der Waals surface area contributed by atoms with Gasteiger partial charge in [-0.2, -0.15) is 0 Å². The van der Waals surface area contributed by atoms with Crippen molar-refractivity contribution in [2.45, 2.75) is 11.9 Å². The van der Waals surface area contributed by atoms with Gasteiger partial charge in [0.15, 0.2) is 5.38 Å². The summed E-state index contributed by atoms with van der Waals surface area (Å²) in [6, 6.07) is 13.9. The molecule has 4 nitrogen and oxygen atoms in total. The summed E-state index contributed by atoms with van der Waals surface area (Å²) >= 11 is 17.9. The predicted molar refractivity (Wildman–Crippen MR) is 96.2 cm³/mol. The van der Waals surface area contributed by atoms with Gasteiger partial charge in [-0.1, -0.05) is 53.5 Å². The Morgan fingerprint density at radius 2 is 1.71 bits per heavy atom. The van der Waals surface area contributed by atoms with Crippen molar-refractivity contribution in [2.24, 2.45) is 4.99 Å². The monoisotopic (exact) mass is 380 g/mol. The molecule has 24 heavy (non-hydrogen) atoms. The molecule has 1 aliphatic heterocycles. The number of hydrogen-bond acceptors (Lipinski definition) is 3. The number of anilines is 1. The van der Waals surface area contributed by atoms with Crippen LogP contribution >= 0.6 is 34.8 Å². The Bertz CT molecular complexity index is 837. The highest BCUT2D eigenvalue weighted by Crippen LogP contribution is 2.30. The highest BCUT2D eigenvalue weighted by molar-refractivity contribution is 6.68. The van der Waals surface area contributed by atoms with Gasteiger partial charge >= 0.3 is 0 Å². The number of halogens is 3. The van der Waals surface area contributed by atoms with Crippen LogP contribution < -0.4 is 4.90 Å². The first kappa shape index (κ1) is 17.0. The maximum Gasteiger partial charge on any atom is 0.281 e. The van der Waals surface area contributed by atoms with Crippen LogP contribution in [0.1, 0.15) is 5.56 Å². The molecule has 0 radical (unpaired) electrons. The summed E-state index contributed by atoms with van der Waals surface area (Å²) in [5.41, 5.74) is 1.26. The molecule has 2 amide bonds. The lowest BCUT2D eigenvalue weighted by atomic mass is 10.2. The van der Waals surface area contributed by atoms with E-state index < -0.39 is 17.2 Å². The average molecular weight is 382 g/mol. The first-order valence-electron chi connectivity index (χ1n) is 7.04. The summed E-state index contributed by atoms with van der Waals surface area (Å²) in [6.07, 6.45) is 0. The third-order valence-corrected chi connectivity index (χ3v) is 4.67. The van der Waals surface area contributed by atoms with Gasteiger partial charge in [0.05, 0.1) is 22.3 Å². The second-order valence-corrected chi connectivity index (χ2v) is 6.38. The minimum Gasteiger partial charge on any atom is -0.277 e. The minimum absolute atomic E-state index is 0.0246. The van der Waals surface area contributed by atoms with Gasteiger partial charge in [-0.3, -0.25) is 14.6 Å². The lowest BCUT2D eigenvalue weighted by molar-refractivity contribution is -0.120. The minimum atomic E-state index is -1.12. The fourth-order valence-electron chi connectivity index (χ4n) is 2.33. The predicted octanol–water partition coefficient (Wildman–Crippen LogP) is 4.12. The summed E-state index contributed by atoms with van der Waals surface area (Å²) in [7, 11) is 0. The van der Waals surface area contributed by atoms with Crippen molar-refractivity contribution >= 4 is 58.0 Å². The molecule has 122 valence electrons. The van der Waals surface area contributed by atoms with E-state index in [1.165, 1.54) is 18.2 Å². The lowest BCUT2D eigenvalue weighted by Crippen LogP contribution is -2.31. The van der Waals surface area contributed by atoms with Gasteiger partial charge in [0.1, 0.15) is 5.71 Å². The van der Waals surface area contributed by atoms with Crippen molar-refractivity contribution in [3.8, 4) is 0 Å². The van der Waals surface area contributed by atoms with E-state index in [1.807, 2.05) is 30.3 Å². The zero-order valence-corrected chi connectivity index (χ0v) is 14.5. The maximum absolute atomic E-state index is 12.6. The highest BCUT2D eigenvalue weighted by atomic mass is 35.5. The molecule has 0 saturated carbocycles. The summed E-state index contributed by atoms with van der Waals surface area (Å²) in [5.74, 6) is -1.10. The highest BCUT2D eigenvalue weighted by Gasteiger charge is 2.44. The Labute approximate surface area is 153 Å². The summed E-state index contributed by atoms with van der Waals surface area (Å²) < 4.78 is 0. The van der Waals surface area contributed by atoms with E-state index >= 15 is 0 Å². The van der Waals surface area contributed by atoms with Crippen LogP contribution in [0.5, 0.6) is 0 Å². The van der Waals surface area contributed by atoms with Crippen LogP contribution in [0.4, 0.5) is 5.69 Å². The smallest absolute Gasteiger partial charge is 0.277 e. The van der Waals surface area contributed by atoms with E-state index in [9.17, 15) is 9.59 Å². The number of carbonyl (C=O) groups is 2. The molecule has 1 heterocycles. The quantitative estimate of drug-likeness (QED) is 0.593. The molecule has 2 aromatic rings. The molecule has 1 aliphatic rings. The Balaban J connectivity index is 1.90. The zero-order chi connectivity index (χ0) is 17.3. The lowest BCUT2D eigenvalue weighted by Gasteiger charge is -2.13. The van der Waals surface area contributed by atoms with Crippen LogP contribution in [-0.2, 0) is 16.1 Å². The van der Waals surface area contributed by atoms with Crippen LogP contribution in [0.25, 0.3) is 0 Å². The second-order valence-electron chi connectivity index (χ2n) is 5.13. The number of hydrogen-bond donors (Lipinski definition) is 0. The third-order valence-electron chi connectivity index (χ3n) is 3.54. The second kappa shape index (κ2) is 6.93. The molecule has 1 saturated heterocycles. The molecule has 3 rings (SSSR count). The van der Waals surface area contributed by atoms with Crippen LogP contribution in [0, 0.1) is 0 Å². The molecular formula is C17H11Cl3N2O2. The van der Waals surface area contributed by atoms with Crippen molar-refractivity contribution in [3.05, 3.63) is 64.1 Å². The fraction of sp³-hybridized carbons (Fsp3) is 0.118. The van der Waals surface area contributed by atoms with Crippen molar-refractivity contribution in [2.75, 3.05) is 4.90 Å².